The molecule has 0 bridgehead atoms. The number of nitrogens with one attached hydrogen (secondary N) is 2. The molecule has 0 unspecified atom stereocenters. The maximum Gasteiger partial charge on any atom is 0.323 e. The Bertz CT molecular complexity index is 1020. The summed E-state index contributed by atoms with van der Waals surface area (Å²) in [5.74, 6) is 0. The van der Waals surface area contributed by atoms with Crippen LogP contribution in [-0.4, -0.2) is 15.0 Å². The predicted octanol–water partition coefficient (Wildman–Crippen LogP) is 4.21. The van der Waals surface area contributed by atoms with Gasteiger partial charge in [-0.1, -0.05) is 37.3 Å². The van der Waals surface area contributed by atoms with Gasteiger partial charge in [0.1, 0.15) is 5.01 Å². The normalized spacial score (nSPS) is 11.2. The topological polar surface area (TPSA) is 61.5 Å². The Balaban J connectivity index is 1.71. The van der Waals surface area contributed by atoms with Gasteiger partial charge in [-0.3, -0.25) is 0 Å². The Morgan fingerprint density at radius 1 is 1.00 bits per heavy atom. The second-order valence-corrected chi connectivity index (χ2v) is 6.29. The smallest absolute Gasteiger partial charge is 0.306 e. The summed E-state index contributed by atoms with van der Waals surface area (Å²) >= 11 is 1.63. The highest BCUT2D eigenvalue weighted by Gasteiger charge is 2.08. The lowest BCUT2D eigenvalue weighted by Crippen LogP contribution is -1.99. The van der Waals surface area contributed by atoms with E-state index < -0.39 is 0 Å². The van der Waals surface area contributed by atoms with Crippen molar-refractivity contribution in [1.82, 2.24) is 15.0 Å². The van der Waals surface area contributed by atoms with Gasteiger partial charge in [-0.15, -0.1) is 11.3 Å². The number of aryl methyl sites for hydroxylation is 1. The number of nitrogens with zero attached hydrogens (tertiary/aromatic N) is 1. The van der Waals surface area contributed by atoms with Crippen LogP contribution in [0.1, 0.15) is 12.5 Å². The highest BCUT2D eigenvalue weighted by atomic mass is 32.1. The zero-order valence-corrected chi connectivity index (χ0v) is 13.4. The number of aromatic amines is 2. The fraction of sp³-hybridized carbons (Fsp3) is 0.111. The fourth-order valence-corrected chi connectivity index (χ4v) is 3.45. The molecule has 2 N–H and O–H groups in total. The van der Waals surface area contributed by atoms with E-state index >= 15 is 0 Å². The highest BCUT2D eigenvalue weighted by molar-refractivity contribution is 7.13. The van der Waals surface area contributed by atoms with E-state index in [9.17, 15) is 4.79 Å². The van der Waals surface area contributed by atoms with E-state index in [1.54, 1.807) is 11.3 Å². The van der Waals surface area contributed by atoms with Crippen LogP contribution < -0.4 is 5.69 Å². The summed E-state index contributed by atoms with van der Waals surface area (Å²) in [6.07, 6.45) is 1.04. The third-order valence-corrected chi connectivity index (χ3v) is 4.82. The van der Waals surface area contributed by atoms with Gasteiger partial charge >= 0.3 is 5.69 Å². The minimum atomic E-state index is -0.188. The van der Waals surface area contributed by atoms with Crippen molar-refractivity contribution in [2.45, 2.75) is 13.3 Å². The number of aromatic nitrogens is 3. The van der Waals surface area contributed by atoms with E-state index in [0.29, 0.717) is 0 Å². The molecule has 0 spiro atoms. The molecule has 0 amide bonds. The first-order valence-electron chi connectivity index (χ1n) is 7.50. The maximum absolute atomic E-state index is 11.4. The number of hydrogen-bond acceptors (Lipinski definition) is 3. The zero-order chi connectivity index (χ0) is 15.8. The molecule has 0 aliphatic heterocycles. The van der Waals surface area contributed by atoms with Crippen LogP contribution >= 0.6 is 11.3 Å². The van der Waals surface area contributed by atoms with Gasteiger partial charge < -0.3 is 9.97 Å². The molecule has 4 rings (SSSR count). The first-order chi connectivity index (χ1) is 11.2. The van der Waals surface area contributed by atoms with Crippen molar-refractivity contribution in [2.75, 3.05) is 0 Å². The van der Waals surface area contributed by atoms with Gasteiger partial charge in [-0.2, -0.15) is 0 Å². The lowest BCUT2D eigenvalue weighted by molar-refractivity contribution is 1.14. The number of fused-ring (bicyclic) bond motifs is 1. The van der Waals surface area contributed by atoms with Crippen molar-refractivity contribution < 1.29 is 0 Å². The van der Waals surface area contributed by atoms with E-state index in [2.05, 4.69) is 46.5 Å². The SMILES string of the molecule is CCc1ccc(-c2nc(-c3ccc4[nH]c(=O)[nH]c4c3)cs2)cc1. The Kier molecular flexibility index (Phi) is 3.35. The first kappa shape index (κ1) is 14.0. The summed E-state index contributed by atoms with van der Waals surface area (Å²) in [7, 11) is 0. The van der Waals surface area contributed by atoms with Gasteiger partial charge in [0.2, 0.25) is 0 Å². The van der Waals surface area contributed by atoms with Crippen LogP contribution in [0.5, 0.6) is 0 Å². The molecule has 5 heteroatoms. The van der Waals surface area contributed by atoms with E-state index in [1.807, 2.05) is 18.2 Å². The lowest BCUT2D eigenvalue weighted by Gasteiger charge is -1.99. The van der Waals surface area contributed by atoms with Gasteiger partial charge in [0.05, 0.1) is 16.7 Å². The molecule has 2 heterocycles. The molecule has 114 valence electrons. The molecule has 0 aliphatic rings. The molecule has 0 aliphatic carbocycles. The number of rotatable bonds is 3. The van der Waals surface area contributed by atoms with E-state index in [1.165, 1.54) is 5.56 Å². The number of hydrogen-bond donors (Lipinski definition) is 2. The average Bonchev–Trinajstić information content (AvgIpc) is 3.19. The van der Waals surface area contributed by atoms with Crippen molar-refractivity contribution in [3.05, 3.63) is 63.9 Å². The molecule has 0 atom stereocenters. The molecule has 2 aromatic heterocycles. The molecular formula is C18H15N3OS. The molecule has 4 nitrogen and oxygen atoms in total. The van der Waals surface area contributed by atoms with Crippen LogP contribution in [-0.2, 0) is 6.42 Å². The summed E-state index contributed by atoms with van der Waals surface area (Å²) in [5, 5.41) is 3.06. The maximum atomic E-state index is 11.4. The van der Waals surface area contributed by atoms with Gasteiger partial charge in [0.15, 0.2) is 0 Å². The van der Waals surface area contributed by atoms with Crippen LogP contribution in [0.25, 0.3) is 32.9 Å². The first-order valence-corrected chi connectivity index (χ1v) is 8.38. The zero-order valence-electron chi connectivity index (χ0n) is 12.6. The van der Waals surface area contributed by atoms with Crippen LogP contribution in [0.15, 0.2) is 52.6 Å². The van der Waals surface area contributed by atoms with E-state index in [-0.39, 0.29) is 5.69 Å². The second kappa shape index (κ2) is 5.52. The Morgan fingerprint density at radius 2 is 1.74 bits per heavy atom. The molecule has 0 radical (unpaired) electrons. The minimum Gasteiger partial charge on any atom is -0.306 e. The lowest BCUT2D eigenvalue weighted by atomic mass is 10.1. The van der Waals surface area contributed by atoms with Crippen LogP contribution in [0, 0.1) is 0 Å². The number of H-pyrrole nitrogens is 2. The molecule has 0 saturated carbocycles. The van der Waals surface area contributed by atoms with Gasteiger partial charge in [-0.05, 0) is 24.1 Å². The predicted molar refractivity (Wildman–Crippen MR) is 94.8 cm³/mol. The molecule has 0 saturated heterocycles. The molecule has 2 aromatic carbocycles. The van der Waals surface area contributed by atoms with Gasteiger partial charge in [0, 0.05) is 16.5 Å². The third-order valence-electron chi connectivity index (χ3n) is 3.93. The summed E-state index contributed by atoms with van der Waals surface area (Å²) in [4.78, 5) is 21.6. The molecule has 4 aromatic rings. The van der Waals surface area contributed by atoms with Crippen molar-refractivity contribution in [1.29, 1.82) is 0 Å². The summed E-state index contributed by atoms with van der Waals surface area (Å²) in [6.45, 7) is 2.15. The number of benzene rings is 2. The van der Waals surface area contributed by atoms with Crippen molar-refractivity contribution in [2.24, 2.45) is 0 Å². The molecular weight excluding hydrogens is 306 g/mol. The van der Waals surface area contributed by atoms with Crippen LogP contribution in [0.2, 0.25) is 0 Å². The van der Waals surface area contributed by atoms with E-state index in [0.717, 1.165) is 39.3 Å². The monoisotopic (exact) mass is 321 g/mol. The Labute approximate surface area is 136 Å². The highest BCUT2D eigenvalue weighted by Crippen LogP contribution is 2.30. The van der Waals surface area contributed by atoms with E-state index in [4.69, 9.17) is 4.98 Å². The van der Waals surface area contributed by atoms with Crippen LogP contribution in [0.4, 0.5) is 0 Å². The Morgan fingerprint density at radius 3 is 2.52 bits per heavy atom. The minimum absolute atomic E-state index is 0.188. The van der Waals surface area contributed by atoms with Crippen molar-refractivity contribution in [3.8, 4) is 21.8 Å². The van der Waals surface area contributed by atoms with Crippen molar-refractivity contribution in [3.63, 3.8) is 0 Å². The molecule has 23 heavy (non-hydrogen) atoms. The average molecular weight is 321 g/mol. The number of imidazole rings is 1. The summed E-state index contributed by atoms with van der Waals surface area (Å²) in [5.41, 5.74) is 5.81. The molecule has 0 fully saturated rings. The summed E-state index contributed by atoms with van der Waals surface area (Å²) in [6, 6.07) is 14.4. The number of thiazole rings is 1. The van der Waals surface area contributed by atoms with Gasteiger partial charge in [0.25, 0.3) is 0 Å². The Hall–Kier alpha value is -2.66. The summed E-state index contributed by atoms with van der Waals surface area (Å²) < 4.78 is 0. The van der Waals surface area contributed by atoms with Crippen LogP contribution in [0.3, 0.4) is 0 Å². The fourth-order valence-electron chi connectivity index (χ4n) is 2.61. The standard InChI is InChI=1S/C18H15N3OS/c1-2-11-3-5-12(6-4-11)17-19-16(10-23-17)13-7-8-14-15(9-13)21-18(22)20-14/h3-10H,2H2,1H3,(H2,20,21,22). The quantitative estimate of drug-likeness (QED) is 0.594. The van der Waals surface area contributed by atoms with Crippen molar-refractivity contribution >= 4 is 22.4 Å². The third kappa shape index (κ3) is 2.59. The second-order valence-electron chi connectivity index (χ2n) is 5.43. The largest absolute Gasteiger partial charge is 0.323 e. The van der Waals surface area contributed by atoms with Gasteiger partial charge in [-0.25, -0.2) is 9.78 Å².